The Morgan fingerprint density at radius 2 is 2.17 bits per heavy atom. The number of carbonyl (C=O) groups excluding carboxylic acids is 1. The highest BCUT2D eigenvalue weighted by Crippen LogP contribution is 2.32. The summed E-state index contributed by atoms with van der Waals surface area (Å²) in [4.78, 5) is 25.0. The minimum Gasteiger partial charge on any atom is -0.369 e. The third kappa shape index (κ3) is 3.37. The van der Waals surface area contributed by atoms with Crippen LogP contribution in [-0.4, -0.2) is 35.6 Å². The van der Waals surface area contributed by atoms with E-state index in [1.165, 1.54) is 0 Å². The third-order valence-corrected chi connectivity index (χ3v) is 3.96. The van der Waals surface area contributed by atoms with Gasteiger partial charge >= 0.3 is 6.03 Å². The Hall–Kier alpha value is -2.34. The molecule has 0 radical (unpaired) electrons. The van der Waals surface area contributed by atoms with Crippen LogP contribution in [0.4, 0.5) is 22.1 Å². The van der Waals surface area contributed by atoms with Crippen LogP contribution in [0.3, 0.4) is 0 Å². The number of hydrogen-bond donors (Lipinski definition) is 1. The Bertz CT molecular complexity index is 694. The number of aromatic nitrogens is 2. The normalized spacial score (nSPS) is 14.2. The largest absolute Gasteiger partial charge is 0.369 e. The third-order valence-electron chi connectivity index (χ3n) is 3.75. The Morgan fingerprint density at radius 1 is 1.30 bits per heavy atom. The molecule has 1 aliphatic heterocycles. The lowest BCUT2D eigenvalue weighted by molar-refractivity contribution is 0.256. The molecular weight excluding hydrogens is 314 g/mol. The molecule has 7 heteroatoms. The standard InChI is InChI=1S/C16H18ClN5O/c1-2-21-10-5-11-22(15-12(21)7-8-13(17)19-15)16(23)20-14-6-3-4-9-18-14/h3-4,6-9H,2,5,10-11H2,1H3,(H,18,20,23). The Balaban J connectivity index is 1.92. The van der Waals surface area contributed by atoms with Gasteiger partial charge in [-0.15, -0.1) is 0 Å². The average molecular weight is 332 g/mol. The van der Waals surface area contributed by atoms with Crippen molar-refractivity contribution in [3.8, 4) is 0 Å². The smallest absolute Gasteiger partial charge is 0.328 e. The number of nitrogens with one attached hydrogen (secondary N) is 1. The van der Waals surface area contributed by atoms with Crippen molar-refractivity contribution in [1.29, 1.82) is 0 Å². The maximum absolute atomic E-state index is 12.7. The van der Waals surface area contributed by atoms with Crippen molar-refractivity contribution in [3.05, 3.63) is 41.7 Å². The molecule has 0 aromatic carbocycles. The van der Waals surface area contributed by atoms with E-state index >= 15 is 0 Å². The number of pyridine rings is 2. The fraction of sp³-hybridized carbons (Fsp3) is 0.312. The van der Waals surface area contributed by atoms with E-state index in [1.807, 2.05) is 12.1 Å². The molecule has 0 fully saturated rings. The molecule has 2 aromatic heterocycles. The van der Waals surface area contributed by atoms with Crippen LogP contribution in [0.15, 0.2) is 36.5 Å². The highest BCUT2D eigenvalue weighted by molar-refractivity contribution is 6.29. The molecule has 0 aliphatic carbocycles. The van der Waals surface area contributed by atoms with E-state index in [0.29, 0.717) is 23.3 Å². The van der Waals surface area contributed by atoms with Gasteiger partial charge < -0.3 is 4.90 Å². The van der Waals surface area contributed by atoms with Gasteiger partial charge in [0.25, 0.3) is 0 Å². The lowest BCUT2D eigenvalue weighted by Gasteiger charge is -2.24. The fourth-order valence-electron chi connectivity index (χ4n) is 2.65. The van der Waals surface area contributed by atoms with Gasteiger partial charge in [-0.25, -0.2) is 14.8 Å². The highest BCUT2D eigenvalue weighted by Gasteiger charge is 2.26. The summed E-state index contributed by atoms with van der Waals surface area (Å²) in [6.45, 7) is 4.39. The van der Waals surface area contributed by atoms with Gasteiger partial charge in [0.1, 0.15) is 11.0 Å². The minimum absolute atomic E-state index is 0.252. The SMILES string of the molecule is CCN1CCCN(C(=O)Nc2ccccn2)c2nc(Cl)ccc21. The van der Waals surface area contributed by atoms with Crippen molar-refractivity contribution >= 4 is 35.0 Å². The quantitative estimate of drug-likeness (QED) is 0.857. The fourth-order valence-corrected chi connectivity index (χ4v) is 2.79. The maximum Gasteiger partial charge on any atom is 0.328 e. The van der Waals surface area contributed by atoms with Crippen molar-refractivity contribution in [2.45, 2.75) is 13.3 Å². The molecule has 3 rings (SSSR count). The molecule has 2 amide bonds. The maximum atomic E-state index is 12.7. The van der Waals surface area contributed by atoms with E-state index in [0.717, 1.165) is 25.2 Å². The Kier molecular flexibility index (Phi) is 4.62. The first-order chi connectivity index (χ1) is 11.2. The van der Waals surface area contributed by atoms with E-state index in [-0.39, 0.29) is 6.03 Å². The van der Waals surface area contributed by atoms with Gasteiger partial charge in [0.05, 0.1) is 5.69 Å². The van der Waals surface area contributed by atoms with E-state index < -0.39 is 0 Å². The second kappa shape index (κ2) is 6.83. The lowest BCUT2D eigenvalue weighted by atomic mass is 10.3. The summed E-state index contributed by atoms with van der Waals surface area (Å²) in [6, 6.07) is 8.80. The first-order valence-electron chi connectivity index (χ1n) is 7.60. The Morgan fingerprint density at radius 3 is 2.91 bits per heavy atom. The van der Waals surface area contributed by atoms with Gasteiger partial charge in [-0.05, 0) is 37.6 Å². The van der Waals surface area contributed by atoms with Crippen LogP contribution in [0.25, 0.3) is 0 Å². The molecule has 23 heavy (non-hydrogen) atoms. The van der Waals surface area contributed by atoms with E-state index in [2.05, 4.69) is 27.1 Å². The van der Waals surface area contributed by atoms with Crippen LogP contribution in [0.2, 0.25) is 5.15 Å². The molecule has 0 saturated heterocycles. The van der Waals surface area contributed by atoms with E-state index in [1.54, 1.807) is 29.3 Å². The molecule has 6 nitrogen and oxygen atoms in total. The average Bonchev–Trinajstić information content (AvgIpc) is 2.74. The highest BCUT2D eigenvalue weighted by atomic mass is 35.5. The zero-order valence-corrected chi connectivity index (χ0v) is 13.6. The summed E-state index contributed by atoms with van der Waals surface area (Å²) in [5.74, 6) is 1.10. The van der Waals surface area contributed by atoms with Gasteiger partial charge in [0.2, 0.25) is 0 Å². The van der Waals surface area contributed by atoms with Crippen molar-refractivity contribution in [2.24, 2.45) is 0 Å². The van der Waals surface area contributed by atoms with Gasteiger partial charge in [0.15, 0.2) is 5.82 Å². The van der Waals surface area contributed by atoms with Crippen LogP contribution in [0.1, 0.15) is 13.3 Å². The van der Waals surface area contributed by atoms with Crippen molar-refractivity contribution < 1.29 is 4.79 Å². The minimum atomic E-state index is -0.252. The number of halogens is 1. The molecule has 0 atom stereocenters. The van der Waals surface area contributed by atoms with E-state index in [4.69, 9.17) is 11.6 Å². The summed E-state index contributed by atoms with van der Waals surface area (Å²) in [7, 11) is 0. The second-order valence-electron chi connectivity index (χ2n) is 5.21. The predicted molar refractivity (Wildman–Crippen MR) is 92.4 cm³/mol. The van der Waals surface area contributed by atoms with Gasteiger partial charge in [-0.1, -0.05) is 17.7 Å². The van der Waals surface area contributed by atoms with E-state index in [9.17, 15) is 4.79 Å². The summed E-state index contributed by atoms with van der Waals surface area (Å²) in [6.07, 6.45) is 2.50. The summed E-state index contributed by atoms with van der Waals surface area (Å²) in [5, 5.41) is 3.18. The molecule has 0 spiro atoms. The molecule has 0 saturated carbocycles. The zero-order chi connectivity index (χ0) is 16.2. The molecule has 120 valence electrons. The van der Waals surface area contributed by atoms with Crippen molar-refractivity contribution in [2.75, 3.05) is 34.8 Å². The predicted octanol–water partition coefficient (Wildman–Crippen LogP) is 3.40. The van der Waals surface area contributed by atoms with Gasteiger partial charge in [-0.3, -0.25) is 10.2 Å². The summed E-state index contributed by atoms with van der Waals surface area (Å²) in [5.41, 5.74) is 0.922. The monoisotopic (exact) mass is 331 g/mol. The number of rotatable bonds is 2. The number of hydrogen-bond acceptors (Lipinski definition) is 4. The van der Waals surface area contributed by atoms with Crippen LogP contribution >= 0.6 is 11.6 Å². The molecular formula is C16H18ClN5O. The zero-order valence-electron chi connectivity index (χ0n) is 12.9. The molecule has 0 bridgehead atoms. The van der Waals surface area contributed by atoms with Gasteiger partial charge in [0, 0.05) is 25.8 Å². The summed E-state index contributed by atoms with van der Waals surface area (Å²) >= 11 is 6.05. The molecule has 0 unspecified atom stereocenters. The molecule has 1 N–H and O–H groups in total. The molecule has 2 aromatic rings. The summed E-state index contributed by atoms with van der Waals surface area (Å²) < 4.78 is 0. The number of fused-ring (bicyclic) bond motifs is 1. The number of nitrogens with zero attached hydrogens (tertiary/aromatic N) is 4. The Labute approximate surface area is 140 Å². The van der Waals surface area contributed by atoms with Crippen LogP contribution in [0, 0.1) is 0 Å². The molecule has 1 aliphatic rings. The number of carbonyl (C=O) groups is 1. The first-order valence-corrected chi connectivity index (χ1v) is 7.98. The van der Waals surface area contributed by atoms with Crippen molar-refractivity contribution in [3.63, 3.8) is 0 Å². The van der Waals surface area contributed by atoms with Crippen LogP contribution < -0.4 is 15.1 Å². The number of amides is 2. The van der Waals surface area contributed by atoms with Crippen molar-refractivity contribution in [1.82, 2.24) is 9.97 Å². The van der Waals surface area contributed by atoms with Gasteiger partial charge in [-0.2, -0.15) is 0 Å². The lowest BCUT2D eigenvalue weighted by Crippen LogP contribution is -2.36. The first kappa shape index (κ1) is 15.6. The van der Waals surface area contributed by atoms with Crippen LogP contribution in [-0.2, 0) is 0 Å². The number of urea groups is 1. The molecule has 3 heterocycles. The second-order valence-corrected chi connectivity index (χ2v) is 5.59. The topological polar surface area (TPSA) is 61.4 Å². The number of anilines is 3. The van der Waals surface area contributed by atoms with Crippen LogP contribution in [0.5, 0.6) is 0 Å².